The van der Waals surface area contributed by atoms with Gasteiger partial charge in [-0.3, -0.25) is 4.79 Å². The Kier molecular flexibility index (Phi) is 3.97. The molecule has 2 heterocycles. The second kappa shape index (κ2) is 6.62. The van der Waals surface area contributed by atoms with Gasteiger partial charge in [-0.15, -0.1) is 0 Å². The average Bonchev–Trinajstić information content (AvgIpc) is 3.21. The summed E-state index contributed by atoms with van der Waals surface area (Å²) in [7, 11) is 0. The molecular formula is C23H21NO3. The lowest BCUT2D eigenvalue weighted by Crippen LogP contribution is -2.35. The number of hydrogen-bond acceptors (Lipinski definition) is 3. The number of fused-ring (bicyclic) bond motifs is 2. The Morgan fingerprint density at radius 1 is 0.815 bits per heavy atom. The monoisotopic (exact) mass is 359 g/mol. The van der Waals surface area contributed by atoms with Crippen molar-refractivity contribution < 1.29 is 14.3 Å². The Hall–Kier alpha value is -3.01. The zero-order chi connectivity index (χ0) is 18.2. The van der Waals surface area contributed by atoms with Gasteiger partial charge in [0.25, 0.3) is 5.91 Å². The largest absolute Gasteiger partial charge is 0.454 e. The van der Waals surface area contributed by atoms with Gasteiger partial charge in [0.05, 0.1) is 0 Å². The second-order valence-electron chi connectivity index (χ2n) is 7.13. The molecule has 4 heteroatoms. The van der Waals surface area contributed by atoms with E-state index in [1.807, 2.05) is 47.4 Å². The number of ether oxygens (including phenoxy) is 2. The quantitative estimate of drug-likeness (QED) is 0.656. The van der Waals surface area contributed by atoms with Crippen LogP contribution in [0.5, 0.6) is 11.5 Å². The first kappa shape index (κ1) is 16.2. The first-order chi connectivity index (χ1) is 13.3. The number of rotatable bonds is 2. The van der Waals surface area contributed by atoms with Crippen molar-refractivity contribution >= 4 is 16.7 Å². The Morgan fingerprint density at radius 2 is 1.59 bits per heavy atom. The maximum absolute atomic E-state index is 13.1. The highest BCUT2D eigenvalue weighted by Crippen LogP contribution is 2.38. The molecule has 0 aliphatic carbocycles. The number of piperidine rings is 1. The fourth-order valence-electron chi connectivity index (χ4n) is 4.08. The van der Waals surface area contributed by atoms with E-state index < -0.39 is 0 Å². The zero-order valence-electron chi connectivity index (χ0n) is 15.1. The Labute approximate surface area is 158 Å². The van der Waals surface area contributed by atoms with Crippen LogP contribution < -0.4 is 9.47 Å². The minimum absolute atomic E-state index is 0.142. The smallest absolute Gasteiger partial charge is 0.254 e. The maximum Gasteiger partial charge on any atom is 0.254 e. The van der Waals surface area contributed by atoms with Crippen molar-refractivity contribution in [3.05, 3.63) is 60.2 Å². The first-order valence-corrected chi connectivity index (χ1v) is 9.52. The number of benzene rings is 3. The molecule has 3 aromatic carbocycles. The molecule has 0 spiro atoms. The third kappa shape index (κ3) is 2.81. The highest BCUT2D eigenvalue weighted by atomic mass is 16.7. The van der Waals surface area contributed by atoms with Gasteiger partial charge in [-0.2, -0.15) is 0 Å². The molecule has 0 atom stereocenters. The summed E-state index contributed by atoms with van der Waals surface area (Å²) < 4.78 is 11.0. The van der Waals surface area contributed by atoms with Crippen LogP contribution in [0.4, 0.5) is 0 Å². The average molecular weight is 359 g/mol. The molecule has 0 aromatic heterocycles. The van der Waals surface area contributed by atoms with Crippen LogP contribution in [0.2, 0.25) is 0 Å². The van der Waals surface area contributed by atoms with Crippen LogP contribution in [0.25, 0.3) is 21.9 Å². The highest BCUT2D eigenvalue weighted by Gasteiger charge is 2.21. The van der Waals surface area contributed by atoms with E-state index in [4.69, 9.17) is 9.47 Å². The summed E-state index contributed by atoms with van der Waals surface area (Å²) in [5, 5.41) is 2.09. The molecule has 0 N–H and O–H groups in total. The number of carbonyl (C=O) groups is 1. The summed E-state index contributed by atoms with van der Waals surface area (Å²) in [6.07, 6.45) is 3.41. The second-order valence-corrected chi connectivity index (χ2v) is 7.13. The van der Waals surface area contributed by atoms with Crippen LogP contribution in [0.3, 0.4) is 0 Å². The van der Waals surface area contributed by atoms with Crippen molar-refractivity contribution in [3.8, 4) is 22.6 Å². The van der Waals surface area contributed by atoms with Crippen LogP contribution in [-0.2, 0) is 0 Å². The lowest BCUT2D eigenvalue weighted by Gasteiger charge is -2.27. The standard InChI is InChI=1S/C23H21NO3/c25-23(24-12-2-1-3-13-24)20-9-5-7-18-17(6-4-8-19(18)20)16-10-11-21-22(14-16)27-15-26-21/h4-11,14H,1-3,12-13,15H2. The SMILES string of the molecule is O=C(c1cccc2c(-c3ccc4c(c3)OCO4)cccc12)N1CCCCC1. The van der Waals surface area contributed by atoms with Crippen molar-refractivity contribution in [2.45, 2.75) is 19.3 Å². The first-order valence-electron chi connectivity index (χ1n) is 9.52. The minimum atomic E-state index is 0.142. The van der Waals surface area contributed by atoms with Crippen LogP contribution in [0, 0.1) is 0 Å². The molecule has 5 rings (SSSR count). The van der Waals surface area contributed by atoms with Gasteiger partial charge in [-0.25, -0.2) is 0 Å². The van der Waals surface area contributed by atoms with Gasteiger partial charge in [0.2, 0.25) is 6.79 Å². The van der Waals surface area contributed by atoms with Crippen LogP contribution in [-0.4, -0.2) is 30.7 Å². The van der Waals surface area contributed by atoms with E-state index in [0.717, 1.165) is 64.9 Å². The van der Waals surface area contributed by atoms with Gasteiger partial charge >= 0.3 is 0 Å². The fourth-order valence-corrected chi connectivity index (χ4v) is 4.08. The van der Waals surface area contributed by atoms with Gasteiger partial charge in [0.1, 0.15) is 0 Å². The molecule has 3 aromatic rings. The van der Waals surface area contributed by atoms with E-state index in [-0.39, 0.29) is 12.7 Å². The zero-order valence-corrected chi connectivity index (χ0v) is 15.1. The normalized spacial score (nSPS) is 15.9. The molecule has 0 saturated carbocycles. The number of nitrogens with zero attached hydrogens (tertiary/aromatic N) is 1. The molecule has 0 unspecified atom stereocenters. The van der Waals surface area contributed by atoms with Crippen molar-refractivity contribution in [1.29, 1.82) is 0 Å². The number of likely N-dealkylation sites (tertiary alicyclic amines) is 1. The summed E-state index contributed by atoms with van der Waals surface area (Å²) >= 11 is 0. The van der Waals surface area contributed by atoms with Gasteiger partial charge in [-0.05, 0) is 59.4 Å². The van der Waals surface area contributed by atoms with Gasteiger partial charge in [-0.1, -0.05) is 36.4 Å². The lowest BCUT2D eigenvalue weighted by molar-refractivity contribution is 0.0726. The molecule has 2 aliphatic rings. The predicted molar refractivity (Wildman–Crippen MR) is 105 cm³/mol. The molecule has 1 saturated heterocycles. The highest BCUT2D eigenvalue weighted by molar-refractivity contribution is 6.10. The molecule has 4 nitrogen and oxygen atoms in total. The minimum Gasteiger partial charge on any atom is -0.454 e. The summed E-state index contributed by atoms with van der Waals surface area (Å²) in [4.78, 5) is 15.1. The van der Waals surface area contributed by atoms with Gasteiger partial charge in [0, 0.05) is 18.7 Å². The molecule has 27 heavy (non-hydrogen) atoms. The number of amides is 1. The number of carbonyl (C=O) groups excluding carboxylic acids is 1. The van der Waals surface area contributed by atoms with Gasteiger partial charge in [0.15, 0.2) is 11.5 Å². The Morgan fingerprint density at radius 3 is 2.48 bits per heavy atom. The summed E-state index contributed by atoms with van der Waals surface area (Å²) in [5.74, 6) is 1.69. The number of hydrogen-bond donors (Lipinski definition) is 0. The van der Waals surface area contributed by atoms with Crippen molar-refractivity contribution in [3.63, 3.8) is 0 Å². The summed E-state index contributed by atoms with van der Waals surface area (Å²) in [5.41, 5.74) is 2.95. The fraction of sp³-hybridized carbons (Fsp3) is 0.261. The van der Waals surface area contributed by atoms with E-state index in [9.17, 15) is 4.79 Å². The van der Waals surface area contributed by atoms with E-state index in [1.54, 1.807) is 0 Å². The molecule has 1 fully saturated rings. The molecule has 136 valence electrons. The van der Waals surface area contributed by atoms with Crippen LogP contribution in [0.15, 0.2) is 54.6 Å². The topological polar surface area (TPSA) is 38.8 Å². The summed E-state index contributed by atoms with van der Waals surface area (Å²) in [6, 6.07) is 18.2. The van der Waals surface area contributed by atoms with E-state index in [2.05, 4.69) is 12.1 Å². The van der Waals surface area contributed by atoms with Crippen LogP contribution in [0.1, 0.15) is 29.6 Å². The maximum atomic E-state index is 13.1. The Bertz CT molecular complexity index is 1020. The summed E-state index contributed by atoms with van der Waals surface area (Å²) in [6.45, 7) is 1.98. The molecule has 0 radical (unpaired) electrons. The molecule has 2 aliphatic heterocycles. The predicted octanol–water partition coefficient (Wildman–Crippen LogP) is 4.86. The van der Waals surface area contributed by atoms with E-state index in [0.29, 0.717) is 0 Å². The van der Waals surface area contributed by atoms with E-state index >= 15 is 0 Å². The van der Waals surface area contributed by atoms with Crippen molar-refractivity contribution in [2.75, 3.05) is 19.9 Å². The molecule has 1 amide bonds. The van der Waals surface area contributed by atoms with Crippen LogP contribution >= 0.6 is 0 Å². The van der Waals surface area contributed by atoms with Crippen molar-refractivity contribution in [1.82, 2.24) is 4.90 Å². The third-order valence-electron chi connectivity index (χ3n) is 5.48. The molecule has 0 bridgehead atoms. The molecular weight excluding hydrogens is 338 g/mol. The Balaban J connectivity index is 1.60. The van der Waals surface area contributed by atoms with E-state index in [1.165, 1.54) is 6.42 Å². The van der Waals surface area contributed by atoms with Crippen molar-refractivity contribution in [2.24, 2.45) is 0 Å². The van der Waals surface area contributed by atoms with Gasteiger partial charge < -0.3 is 14.4 Å². The third-order valence-corrected chi connectivity index (χ3v) is 5.48. The lowest BCUT2D eigenvalue weighted by atomic mass is 9.94.